The van der Waals surface area contributed by atoms with Gasteiger partial charge in [0.1, 0.15) is 6.61 Å². The van der Waals surface area contributed by atoms with Crippen LogP contribution in [-0.4, -0.2) is 13.2 Å². The van der Waals surface area contributed by atoms with Crippen molar-refractivity contribution in [1.29, 1.82) is 0 Å². The zero-order valence-electron chi connectivity index (χ0n) is 13.1. The summed E-state index contributed by atoms with van der Waals surface area (Å²) in [4.78, 5) is 2.74. The molecule has 0 spiro atoms. The summed E-state index contributed by atoms with van der Waals surface area (Å²) >= 11 is 0. The summed E-state index contributed by atoms with van der Waals surface area (Å²) in [5.74, 6) is 1.52. The summed E-state index contributed by atoms with van der Waals surface area (Å²) in [7, 11) is 0. The van der Waals surface area contributed by atoms with Crippen molar-refractivity contribution in [1.82, 2.24) is 0 Å². The molecule has 0 N–H and O–H groups in total. The molecule has 0 aliphatic rings. The number of unbranched alkanes of at least 4 members (excludes halogenated alkanes) is 2. The Labute approximate surface area is 136 Å². The van der Waals surface area contributed by atoms with Gasteiger partial charge in [-0.1, -0.05) is 47.6 Å². The minimum atomic E-state index is 0.521. The van der Waals surface area contributed by atoms with E-state index in [1.807, 2.05) is 54.6 Å². The number of para-hydroxylation sites is 2. The standard InChI is InChI=1S/C18H21N3O2/c19-21-20-13-7-2-8-14-22-17-11-5-6-12-18(17)23-15-16-9-3-1-4-10-16/h1,3-6,9-12H,2,7-8,13-15H2. The quantitative estimate of drug-likeness (QED) is 0.264. The summed E-state index contributed by atoms with van der Waals surface area (Å²) in [5.41, 5.74) is 9.33. The van der Waals surface area contributed by atoms with Gasteiger partial charge >= 0.3 is 0 Å². The van der Waals surface area contributed by atoms with Crippen LogP contribution in [0.25, 0.3) is 10.4 Å². The SMILES string of the molecule is [N-]=[N+]=NCCCCCOc1ccccc1OCc1ccccc1. The summed E-state index contributed by atoms with van der Waals surface area (Å²) in [5, 5.41) is 3.51. The number of rotatable bonds is 10. The second-order valence-corrected chi connectivity index (χ2v) is 5.08. The third-order valence-corrected chi connectivity index (χ3v) is 3.31. The van der Waals surface area contributed by atoms with Crippen LogP contribution in [0.1, 0.15) is 24.8 Å². The van der Waals surface area contributed by atoms with Crippen LogP contribution in [0.2, 0.25) is 0 Å². The highest BCUT2D eigenvalue weighted by molar-refractivity contribution is 5.39. The Kier molecular flexibility index (Phi) is 7.37. The molecule has 5 heteroatoms. The Morgan fingerprint density at radius 1 is 0.826 bits per heavy atom. The van der Waals surface area contributed by atoms with E-state index in [9.17, 15) is 0 Å². The van der Waals surface area contributed by atoms with E-state index in [0.717, 1.165) is 36.3 Å². The van der Waals surface area contributed by atoms with Crippen LogP contribution in [0.15, 0.2) is 59.7 Å². The summed E-state index contributed by atoms with van der Waals surface area (Å²) in [6.07, 6.45) is 2.79. The van der Waals surface area contributed by atoms with E-state index in [2.05, 4.69) is 10.0 Å². The number of hydrogen-bond acceptors (Lipinski definition) is 3. The van der Waals surface area contributed by atoms with E-state index in [0.29, 0.717) is 19.8 Å². The first-order valence-corrected chi connectivity index (χ1v) is 7.79. The summed E-state index contributed by atoms with van der Waals surface area (Å²) in [6.45, 7) is 1.70. The molecule has 2 aromatic carbocycles. The van der Waals surface area contributed by atoms with Crippen molar-refractivity contribution in [2.75, 3.05) is 13.2 Å². The Hall–Kier alpha value is -2.65. The van der Waals surface area contributed by atoms with Gasteiger partial charge in [0.25, 0.3) is 0 Å². The van der Waals surface area contributed by atoms with Gasteiger partial charge in [0.05, 0.1) is 6.61 Å². The van der Waals surface area contributed by atoms with Crippen molar-refractivity contribution >= 4 is 0 Å². The van der Waals surface area contributed by atoms with Gasteiger partial charge in [-0.3, -0.25) is 0 Å². The van der Waals surface area contributed by atoms with Crippen LogP contribution in [0.3, 0.4) is 0 Å². The normalized spacial score (nSPS) is 9.91. The maximum absolute atomic E-state index is 8.20. The van der Waals surface area contributed by atoms with Crippen molar-refractivity contribution in [3.63, 3.8) is 0 Å². The fraction of sp³-hybridized carbons (Fsp3) is 0.333. The van der Waals surface area contributed by atoms with Gasteiger partial charge in [0.15, 0.2) is 11.5 Å². The van der Waals surface area contributed by atoms with Gasteiger partial charge in [-0.25, -0.2) is 0 Å². The van der Waals surface area contributed by atoms with Crippen LogP contribution in [-0.2, 0) is 6.61 Å². The molecule has 0 bridgehead atoms. The Morgan fingerprint density at radius 2 is 1.52 bits per heavy atom. The van der Waals surface area contributed by atoms with E-state index in [4.69, 9.17) is 15.0 Å². The lowest BCUT2D eigenvalue weighted by Gasteiger charge is -2.12. The average molecular weight is 311 g/mol. The molecule has 0 aliphatic heterocycles. The van der Waals surface area contributed by atoms with E-state index in [1.165, 1.54) is 0 Å². The second-order valence-electron chi connectivity index (χ2n) is 5.08. The monoisotopic (exact) mass is 311 g/mol. The lowest BCUT2D eigenvalue weighted by molar-refractivity contribution is 0.257. The third-order valence-electron chi connectivity index (χ3n) is 3.31. The topological polar surface area (TPSA) is 67.2 Å². The Bertz CT molecular complexity index is 625. The van der Waals surface area contributed by atoms with Crippen molar-refractivity contribution in [2.45, 2.75) is 25.9 Å². The predicted molar refractivity (Wildman–Crippen MR) is 90.6 cm³/mol. The van der Waals surface area contributed by atoms with E-state index in [-0.39, 0.29) is 0 Å². The molecule has 2 rings (SSSR count). The largest absolute Gasteiger partial charge is 0.490 e. The van der Waals surface area contributed by atoms with Crippen molar-refractivity contribution < 1.29 is 9.47 Å². The highest BCUT2D eigenvalue weighted by atomic mass is 16.5. The smallest absolute Gasteiger partial charge is 0.161 e. The molecule has 0 saturated heterocycles. The molecule has 0 heterocycles. The molecule has 0 atom stereocenters. The molecule has 0 aromatic heterocycles. The van der Waals surface area contributed by atoms with Crippen molar-refractivity contribution in [3.05, 3.63) is 70.6 Å². The van der Waals surface area contributed by atoms with Crippen LogP contribution in [0.4, 0.5) is 0 Å². The maximum atomic E-state index is 8.20. The maximum Gasteiger partial charge on any atom is 0.161 e. The first kappa shape index (κ1) is 16.7. The lowest BCUT2D eigenvalue weighted by Crippen LogP contribution is -2.01. The fourth-order valence-corrected chi connectivity index (χ4v) is 2.11. The minimum Gasteiger partial charge on any atom is -0.490 e. The molecule has 2 aromatic rings. The zero-order valence-corrected chi connectivity index (χ0v) is 13.1. The van der Waals surface area contributed by atoms with E-state index in [1.54, 1.807) is 0 Å². The molecule has 0 saturated carbocycles. The Balaban J connectivity index is 1.77. The highest BCUT2D eigenvalue weighted by Gasteiger charge is 2.04. The van der Waals surface area contributed by atoms with E-state index < -0.39 is 0 Å². The first-order chi connectivity index (χ1) is 11.4. The molecule has 5 nitrogen and oxygen atoms in total. The molecule has 0 amide bonds. The average Bonchev–Trinajstić information content (AvgIpc) is 2.61. The molecule has 23 heavy (non-hydrogen) atoms. The number of hydrogen-bond donors (Lipinski definition) is 0. The number of nitrogens with zero attached hydrogens (tertiary/aromatic N) is 3. The number of benzene rings is 2. The predicted octanol–water partition coefficient (Wildman–Crippen LogP) is 5.13. The van der Waals surface area contributed by atoms with Gasteiger partial charge in [-0.15, -0.1) is 0 Å². The van der Waals surface area contributed by atoms with Crippen molar-refractivity contribution in [2.24, 2.45) is 5.11 Å². The van der Waals surface area contributed by atoms with Crippen LogP contribution >= 0.6 is 0 Å². The first-order valence-electron chi connectivity index (χ1n) is 7.79. The number of azide groups is 1. The van der Waals surface area contributed by atoms with Gasteiger partial charge in [-0.05, 0) is 42.5 Å². The van der Waals surface area contributed by atoms with E-state index >= 15 is 0 Å². The zero-order chi connectivity index (χ0) is 16.2. The van der Waals surface area contributed by atoms with Gasteiger partial charge in [-0.2, -0.15) is 0 Å². The van der Waals surface area contributed by atoms with Crippen LogP contribution in [0.5, 0.6) is 11.5 Å². The van der Waals surface area contributed by atoms with Gasteiger partial charge < -0.3 is 9.47 Å². The van der Waals surface area contributed by atoms with Crippen LogP contribution < -0.4 is 9.47 Å². The lowest BCUT2D eigenvalue weighted by atomic mass is 10.2. The van der Waals surface area contributed by atoms with Gasteiger partial charge in [0, 0.05) is 11.5 Å². The highest BCUT2D eigenvalue weighted by Crippen LogP contribution is 2.27. The molecule has 0 unspecified atom stereocenters. The van der Waals surface area contributed by atoms with Gasteiger partial charge in [0.2, 0.25) is 0 Å². The number of ether oxygens (including phenoxy) is 2. The second kappa shape index (κ2) is 10.1. The molecular weight excluding hydrogens is 290 g/mol. The minimum absolute atomic E-state index is 0.521. The molecule has 120 valence electrons. The third kappa shape index (κ3) is 6.32. The molecule has 0 fully saturated rings. The summed E-state index contributed by atoms with van der Waals surface area (Å²) < 4.78 is 11.7. The molecule has 0 radical (unpaired) electrons. The Morgan fingerprint density at radius 3 is 2.26 bits per heavy atom. The molecular formula is C18H21N3O2. The summed E-state index contributed by atoms with van der Waals surface area (Å²) in [6, 6.07) is 17.8. The van der Waals surface area contributed by atoms with Crippen molar-refractivity contribution in [3.8, 4) is 11.5 Å². The molecule has 0 aliphatic carbocycles. The fourth-order valence-electron chi connectivity index (χ4n) is 2.11. The van der Waals surface area contributed by atoms with Crippen LogP contribution in [0, 0.1) is 0 Å².